The van der Waals surface area contributed by atoms with Gasteiger partial charge in [0.05, 0.1) is 49.3 Å². The normalized spacial score (nSPS) is 14.8. The third-order valence-corrected chi connectivity index (χ3v) is 12.0. The fourth-order valence-electron chi connectivity index (χ4n) is 6.72. The minimum atomic E-state index is -4.19. The van der Waals surface area contributed by atoms with Crippen molar-refractivity contribution in [3.8, 4) is 5.75 Å². The number of aromatic nitrogens is 1. The molecular weight excluding hydrogens is 972 g/mol. The summed E-state index contributed by atoms with van der Waals surface area (Å²) in [6, 6.07) is 15.3. The van der Waals surface area contributed by atoms with E-state index in [9.17, 15) is 41.6 Å². The Kier molecular flexibility index (Phi) is 16.1. The van der Waals surface area contributed by atoms with Crippen LogP contribution in [0.4, 0.5) is 27.3 Å². The highest BCUT2D eigenvalue weighted by Gasteiger charge is 2.40. The van der Waals surface area contributed by atoms with Crippen molar-refractivity contribution in [1.82, 2.24) is 20.1 Å². The molecule has 22 heteroatoms. The Morgan fingerprint density at radius 3 is 2.31 bits per heavy atom. The monoisotopic (exact) mass is 1020 g/mol. The number of piperidine rings is 1. The average Bonchev–Trinajstić information content (AvgIpc) is 3.59. The molecule has 0 radical (unpaired) electrons. The molecule has 340 valence electrons. The third kappa shape index (κ3) is 12.2. The summed E-state index contributed by atoms with van der Waals surface area (Å²) in [6.07, 6.45) is 0.369. The van der Waals surface area contributed by atoms with E-state index in [2.05, 4.69) is 26.0 Å². The van der Waals surface area contributed by atoms with Crippen molar-refractivity contribution in [3.05, 3.63) is 103 Å². The molecule has 3 heterocycles. The van der Waals surface area contributed by atoms with E-state index < -0.39 is 45.2 Å². The lowest BCUT2D eigenvalue weighted by Gasteiger charge is -2.29. The number of carbonyl (C=O) groups is 5. The Morgan fingerprint density at radius 1 is 0.875 bits per heavy atom. The lowest BCUT2D eigenvalue weighted by molar-refractivity contribution is -0.137. The summed E-state index contributed by atoms with van der Waals surface area (Å²) in [6.45, 7) is 2.20. The number of ether oxygens (including phenoxy) is 4. The molecule has 64 heavy (non-hydrogen) atoms. The number of hydrogen-bond acceptors (Lipinski definition) is 13. The topological polar surface area (TPSA) is 242 Å². The number of hydrogen-bond donors (Lipinski definition) is 5. The Morgan fingerprint density at radius 2 is 1.59 bits per heavy atom. The van der Waals surface area contributed by atoms with Crippen LogP contribution in [0.25, 0.3) is 0 Å². The predicted molar refractivity (Wildman–Crippen MR) is 238 cm³/mol. The zero-order valence-electron chi connectivity index (χ0n) is 34.7. The summed E-state index contributed by atoms with van der Waals surface area (Å²) in [7, 11) is -2.75. The number of halogens is 2. The maximum absolute atomic E-state index is 14.7. The number of pyridine rings is 1. The van der Waals surface area contributed by atoms with Gasteiger partial charge in [0.1, 0.15) is 30.0 Å². The molecular formula is C42H45FIN7O12S. The van der Waals surface area contributed by atoms with E-state index in [0.29, 0.717) is 20.4 Å². The van der Waals surface area contributed by atoms with Crippen molar-refractivity contribution in [3.63, 3.8) is 0 Å². The summed E-state index contributed by atoms with van der Waals surface area (Å²) in [4.78, 5) is 75.7. The Balaban J connectivity index is 0.830. The van der Waals surface area contributed by atoms with Crippen molar-refractivity contribution in [1.29, 1.82) is 0 Å². The minimum Gasteiger partial charge on any atom is -0.484 e. The minimum absolute atomic E-state index is 0.0226. The second-order valence-electron chi connectivity index (χ2n) is 14.5. The molecule has 4 aromatic rings. The van der Waals surface area contributed by atoms with Crippen LogP contribution >= 0.6 is 22.6 Å². The first-order valence-electron chi connectivity index (χ1n) is 19.9. The number of aryl methyl sites for hydroxylation is 1. The highest BCUT2D eigenvalue weighted by molar-refractivity contribution is 14.1. The first kappa shape index (κ1) is 47.5. The number of amides is 5. The number of anilines is 4. The largest absolute Gasteiger partial charge is 0.484 e. The second kappa shape index (κ2) is 21.6. The van der Waals surface area contributed by atoms with Crippen LogP contribution in [0.15, 0.2) is 76.4 Å². The first-order chi connectivity index (χ1) is 30.6. The molecule has 0 spiro atoms. The summed E-state index contributed by atoms with van der Waals surface area (Å²) < 4.78 is 67.5. The van der Waals surface area contributed by atoms with Crippen molar-refractivity contribution < 1.29 is 55.7 Å². The first-order valence-corrected chi connectivity index (χ1v) is 22.4. The molecule has 3 aromatic carbocycles. The van der Waals surface area contributed by atoms with Crippen LogP contribution in [-0.4, -0.2) is 106 Å². The number of rotatable bonds is 21. The smallest absolute Gasteiger partial charge is 0.262 e. The zero-order valence-corrected chi connectivity index (χ0v) is 37.6. The van der Waals surface area contributed by atoms with Crippen LogP contribution in [0.1, 0.15) is 34.3 Å². The van der Waals surface area contributed by atoms with Gasteiger partial charge in [-0.25, -0.2) is 12.8 Å². The fraction of sp³-hybridized carbons (Fsp3) is 0.333. The van der Waals surface area contributed by atoms with Gasteiger partial charge in [-0.3, -0.25) is 43.4 Å². The maximum atomic E-state index is 14.7. The molecule has 1 unspecified atom stereocenters. The molecule has 1 fully saturated rings. The van der Waals surface area contributed by atoms with Gasteiger partial charge in [0, 0.05) is 52.5 Å². The molecule has 1 atom stereocenters. The van der Waals surface area contributed by atoms with Gasteiger partial charge in [-0.15, -0.1) is 0 Å². The standard InChI is InChI=1S/C42H45FIN7O12S/c1-25-20-34(39(50(2)41(25)56)47-33-11-6-26(44)21-31(33)43)49-64(58,59)28-9-7-27(8-10-28)63-24-37(53)45-14-15-60-16-17-61-18-19-62-23-38(54)46-32-5-3-4-29-30(32)22-51(42(29)57)35-12-13-36(52)48-40(35)55/h3-11,20-21,35,47,49H,12-19,22-24H2,1-2H3,(H,45,53)(H,46,54)(H,48,52,55). The van der Waals surface area contributed by atoms with Crippen molar-refractivity contribution >= 4 is 85.0 Å². The number of nitrogens with one attached hydrogen (secondary N) is 5. The van der Waals surface area contributed by atoms with Crippen LogP contribution in [0, 0.1) is 16.3 Å². The highest BCUT2D eigenvalue weighted by atomic mass is 127. The molecule has 0 aliphatic carbocycles. The molecule has 2 aliphatic rings. The molecule has 0 bridgehead atoms. The maximum Gasteiger partial charge on any atom is 0.262 e. The predicted octanol–water partition coefficient (Wildman–Crippen LogP) is 2.93. The third-order valence-electron chi connectivity index (χ3n) is 9.93. The van der Waals surface area contributed by atoms with Gasteiger partial charge in [-0.1, -0.05) is 6.07 Å². The van der Waals surface area contributed by atoms with E-state index in [1.807, 2.05) is 22.6 Å². The van der Waals surface area contributed by atoms with E-state index in [4.69, 9.17) is 18.9 Å². The van der Waals surface area contributed by atoms with Crippen molar-refractivity contribution in [2.24, 2.45) is 7.05 Å². The van der Waals surface area contributed by atoms with Gasteiger partial charge in [0.2, 0.25) is 17.7 Å². The molecule has 5 amide bonds. The number of nitrogens with zero attached hydrogens (tertiary/aromatic N) is 2. The summed E-state index contributed by atoms with van der Waals surface area (Å²) in [5.74, 6) is -2.43. The lowest BCUT2D eigenvalue weighted by atomic mass is 10.0. The van der Waals surface area contributed by atoms with Gasteiger partial charge in [-0.2, -0.15) is 0 Å². The molecule has 1 aromatic heterocycles. The number of carbonyl (C=O) groups excluding carboxylic acids is 5. The van der Waals surface area contributed by atoms with Gasteiger partial charge < -0.3 is 39.8 Å². The number of imide groups is 1. The molecule has 1 saturated heterocycles. The summed E-state index contributed by atoms with van der Waals surface area (Å²) >= 11 is 1.96. The van der Waals surface area contributed by atoms with Gasteiger partial charge in [0.25, 0.3) is 27.4 Å². The number of sulfonamides is 1. The fourth-order valence-corrected chi connectivity index (χ4v) is 8.23. The zero-order chi connectivity index (χ0) is 46.0. The number of benzene rings is 3. The van der Waals surface area contributed by atoms with Crippen LogP contribution in [0.2, 0.25) is 0 Å². The molecule has 6 rings (SSSR count). The van der Waals surface area contributed by atoms with Gasteiger partial charge in [-0.05, 0) is 96.6 Å². The lowest BCUT2D eigenvalue weighted by Crippen LogP contribution is -2.52. The van der Waals surface area contributed by atoms with Crippen LogP contribution < -0.4 is 36.3 Å². The number of fused-ring (bicyclic) bond motifs is 1. The summed E-state index contributed by atoms with van der Waals surface area (Å²) in [5, 5.41) is 10.5. The SMILES string of the molecule is Cc1cc(NS(=O)(=O)c2ccc(OCC(=O)NCCOCCOCCOCC(=O)Nc3cccc4c3CN(C3CCC(=O)NC3=O)C4=O)cc2)c(Nc2ccc(I)cc2F)n(C)c1=O. The highest BCUT2D eigenvalue weighted by Crippen LogP contribution is 2.33. The Hall–Kier alpha value is -5.95. The Labute approximate surface area is 380 Å². The van der Waals surface area contributed by atoms with Crippen LogP contribution in [-0.2, 0) is 57.0 Å². The van der Waals surface area contributed by atoms with Crippen molar-refractivity contribution in [2.45, 2.75) is 37.2 Å². The molecule has 19 nitrogen and oxygen atoms in total. The molecule has 2 aliphatic heterocycles. The van der Waals surface area contributed by atoms with Crippen molar-refractivity contribution in [2.75, 3.05) is 68.1 Å². The molecule has 5 N–H and O–H groups in total. The Bertz CT molecular complexity index is 2590. The summed E-state index contributed by atoms with van der Waals surface area (Å²) in [5.41, 5.74) is 1.31. The average molecular weight is 1020 g/mol. The van der Waals surface area contributed by atoms with E-state index in [-0.39, 0.29) is 117 Å². The second-order valence-corrected chi connectivity index (χ2v) is 17.4. The van der Waals surface area contributed by atoms with Crippen LogP contribution in [0.5, 0.6) is 5.75 Å². The van der Waals surface area contributed by atoms with Crippen LogP contribution in [0.3, 0.4) is 0 Å². The van der Waals surface area contributed by atoms with E-state index >= 15 is 0 Å². The van der Waals surface area contributed by atoms with Gasteiger partial charge >= 0.3 is 0 Å². The van der Waals surface area contributed by atoms with E-state index in [1.165, 1.54) is 65.9 Å². The van der Waals surface area contributed by atoms with E-state index in [1.54, 1.807) is 24.3 Å². The quantitative estimate of drug-likeness (QED) is 0.0459. The van der Waals surface area contributed by atoms with E-state index in [0.717, 1.165) is 0 Å². The molecule has 0 saturated carbocycles. The van der Waals surface area contributed by atoms with Gasteiger partial charge in [0.15, 0.2) is 6.61 Å².